The standard InChI is InChI=1S/C25H21FN4O2/c26-20-8-3-6-18(15-20)24-28-25(32-29-24)19-7-4-14-30(16-19)23(31)13-12-21-11-10-17-5-1-2-9-22(17)27-21/h1-3,5-6,8-13,15,19H,4,7,14,16H2/b13-12+. The van der Waals surface area contributed by atoms with E-state index < -0.39 is 0 Å². The lowest BCUT2D eigenvalue weighted by Crippen LogP contribution is -2.38. The van der Waals surface area contributed by atoms with Crippen molar-refractivity contribution in [1.29, 1.82) is 0 Å². The van der Waals surface area contributed by atoms with Gasteiger partial charge in [-0.05, 0) is 43.2 Å². The number of likely N-dealkylation sites (tertiary alicyclic amines) is 1. The Morgan fingerprint density at radius 2 is 2.00 bits per heavy atom. The van der Waals surface area contributed by atoms with Gasteiger partial charge in [0.1, 0.15) is 5.82 Å². The van der Waals surface area contributed by atoms with Gasteiger partial charge in [-0.25, -0.2) is 9.37 Å². The van der Waals surface area contributed by atoms with Crippen LogP contribution in [0.25, 0.3) is 28.4 Å². The molecule has 32 heavy (non-hydrogen) atoms. The van der Waals surface area contributed by atoms with Gasteiger partial charge in [-0.3, -0.25) is 4.79 Å². The van der Waals surface area contributed by atoms with Crippen LogP contribution in [0.1, 0.15) is 30.3 Å². The SMILES string of the molecule is O=C(/C=C/c1ccc2ccccc2n1)N1CCCC(c2nc(-c3cccc(F)c3)no2)C1. The van der Waals surface area contributed by atoms with Crippen LogP contribution in [0, 0.1) is 5.82 Å². The molecule has 6 nitrogen and oxygen atoms in total. The van der Waals surface area contributed by atoms with Gasteiger partial charge < -0.3 is 9.42 Å². The van der Waals surface area contributed by atoms with Crippen LogP contribution in [0.3, 0.4) is 0 Å². The van der Waals surface area contributed by atoms with E-state index in [4.69, 9.17) is 4.52 Å². The van der Waals surface area contributed by atoms with Gasteiger partial charge in [0.05, 0.1) is 17.1 Å². The minimum absolute atomic E-state index is 0.0466. The maximum atomic E-state index is 13.5. The van der Waals surface area contributed by atoms with Gasteiger partial charge in [0.25, 0.3) is 0 Å². The maximum absolute atomic E-state index is 13.5. The van der Waals surface area contributed by atoms with Gasteiger partial charge in [0, 0.05) is 30.1 Å². The molecule has 5 rings (SSSR count). The second-order valence-corrected chi connectivity index (χ2v) is 7.85. The summed E-state index contributed by atoms with van der Waals surface area (Å²) in [5.74, 6) is 0.354. The zero-order valence-electron chi connectivity index (χ0n) is 17.3. The number of pyridine rings is 1. The Balaban J connectivity index is 1.27. The molecule has 4 aromatic rings. The van der Waals surface area contributed by atoms with Crippen molar-refractivity contribution in [2.24, 2.45) is 0 Å². The molecule has 7 heteroatoms. The second-order valence-electron chi connectivity index (χ2n) is 7.85. The molecular weight excluding hydrogens is 407 g/mol. The van der Waals surface area contributed by atoms with Crippen molar-refractivity contribution in [3.8, 4) is 11.4 Å². The fourth-order valence-corrected chi connectivity index (χ4v) is 3.96. The molecular formula is C25H21FN4O2. The summed E-state index contributed by atoms with van der Waals surface area (Å²) in [7, 11) is 0. The van der Waals surface area contributed by atoms with Gasteiger partial charge in [0.15, 0.2) is 0 Å². The minimum Gasteiger partial charge on any atom is -0.339 e. The van der Waals surface area contributed by atoms with Crippen LogP contribution in [-0.2, 0) is 4.79 Å². The zero-order valence-corrected chi connectivity index (χ0v) is 17.3. The first-order chi connectivity index (χ1) is 15.7. The van der Waals surface area contributed by atoms with Crippen LogP contribution in [0.4, 0.5) is 4.39 Å². The van der Waals surface area contributed by atoms with E-state index in [2.05, 4.69) is 15.1 Å². The first kappa shape index (κ1) is 20.1. The molecule has 1 unspecified atom stereocenters. The largest absolute Gasteiger partial charge is 0.339 e. The van der Waals surface area contributed by atoms with E-state index in [1.807, 2.05) is 36.4 Å². The first-order valence-corrected chi connectivity index (χ1v) is 10.6. The number of fused-ring (bicyclic) bond motifs is 1. The summed E-state index contributed by atoms with van der Waals surface area (Å²) >= 11 is 0. The highest BCUT2D eigenvalue weighted by molar-refractivity contribution is 5.92. The van der Waals surface area contributed by atoms with Crippen LogP contribution in [-0.4, -0.2) is 39.0 Å². The molecule has 2 aromatic carbocycles. The minimum atomic E-state index is -0.351. The molecule has 0 aliphatic carbocycles. The van der Waals surface area contributed by atoms with Crippen molar-refractivity contribution in [3.05, 3.63) is 84.1 Å². The number of para-hydroxylation sites is 1. The molecule has 2 aromatic heterocycles. The number of benzene rings is 2. The summed E-state index contributed by atoms with van der Waals surface area (Å²) in [5.41, 5.74) is 2.20. The highest BCUT2D eigenvalue weighted by Crippen LogP contribution is 2.28. The summed E-state index contributed by atoms with van der Waals surface area (Å²) in [4.78, 5) is 23.6. The molecule has 1 saturated heterocycles. The molecule has 1 aliphatic rings. The Morgan fingerprint density at radius 3 is 2.91 bits per heavy atom. The number of carbonyl (C=O) groups is 1. The Morgan fingerprint density at radius 1 is 1.09 bits per heavy atom. The van der Waals surface area contributed by atoms with E-state index >= 15 is 0 Å². The van der Waals surface area contributed by atoms with E-state index in [1.54, 1.807) is 29.2 Å². The smallest absolute Gasteiger partial charge is 0.246 e. The number of hydrogen-bond donors (Lipinski definition) is 0. The number of amides is 1. The fraction of sp³-hybridized carbons (Fsp3) is 0.200. The summed E-state index contributed by atoms with van der Waals surface area (Å²) in [6, 6.07) is 17.9. The lowest BCUT2D eigenvalue weighted by atomic mass is 9.98. The van der Waals surface area contributed by atoms with E-state index in [0.717, 1.165) is 29.4 Å². The van der Waals surface area contributed by atoms with Gasteiger partial charge in [-0.15, -0.1) is 0 Å². The average molecular weight is 428 g/mol. The molecule has 0 radical (unpaired) electrons. The molecule has 0 N–H and O–H groups in total. The topological polar surface area (TPSA) is 72.1 Å². The van der Waals surface area contributed by atoms with Crippen molar-refractivity contribution < 1.29 is 13.7 Å². The molecule has 1 amide bonds. The molecule has 1 aliphatic heterocycles. The quantitative estimate of drug-likeness (QED) is 0.435. The highest BCUT2D eigenvalue weighted by Gasteiger charge is 2.28. The Hall–Kier alpha value is -3.87. The van der Waals surface area contributed by atoms with Gasteiger partial charge >= 0.3 is 0 Å². The number of piperidine rings is 1. The first-order valence-electron chi connectivity index (χ1n) is 10.6. The average Bonchev–Trinajstić information content (AvgIpc) is 3.33. The van der Waals surface area contributed by atoms with E-state index in [0.29, 0.717) is 30.4 Å². The number of hydrogen-bond acceptors (Lipinski definition) is 5. The molecule has 160 valence electrons. The predicted molar refractivity (Wildman–Crippen MR) is 119 cm³/mol. The van der Waals surface area contributed by atoms with Crippen molar-refractivity contribution in [1.82, 2.24) is 20.0 Å². The van der Waals surface area contributed by atoms with Crippen LogP contribution in [0.2, 0.25) is 0 Å². The summed E-state index contributed by atoms with van der Waals surface area (Å²) < 4.78 is 18.9. The molecule has 1 atom stereocenters. The van der Waals surface area contributed by atoms with Crippen molar-refractivity contribution in [2.75, 3.05) is 13.1 Å². The zero-order chi connectivity index (χ0) is 21.9. The third-order valence-electron chi connectivity index (χ3n) is 5.62. The maximum Gasteiger partial charge on any atom is 0.246 e. The van der Waals surface area contributed by atoms with Crippen LogP contribution < -0.4 is 0 Å². The molecule has 3 heterocycles. The normalized spacial score (nSPS) is 16.7. The number of carbonyl (C=O) groups excluding carboxylic acids is 1. The van der Waals surface area contributed by atoms with E-state index in [-0.39, 0.29) is 17.6 Å². The molecule has 0 bridgehead atoms. The summed E-state index contributed by atoms with van der Waals surface area (Å²) in [5, 5.41) is 5.06. The predicted octanol–water partition coefficient (Wildman–Crippen LogP) is 4.84. The second kappa shape index (κ2) is 8.70. The third kappa shape index (κ3) is 4.27. The highest BCUT2D eigenvalue weighted by atomic mass is 19.1. The fourth-order valence-electron chi connectivity index (χ4n) is 3.96. The number of halogens is 1. The Kier molecular flexibility index (Phi) is 5.46. The van der Waals surface area contributed by atoms with Crippen molar-refractivity contribution in [3.63, 3.8) is 0 Å². The number of rotatable bonds is 4. The van der Waals surface area contributed by atoms with Crippen LogP contribution in [0.15, 0.2) is 71.3 Å². The summed E-state index contributed by atoms with van der Waals surface area (Å²) in [6.07, 6.45) is 5.00. The monoisotopic (exact) mass is 428 g/mol. The lowest BCUT2D eigenvalue weighted by Gasteiger charge is -2.30. The van der Waals surface area contributed by atoms with E-state index in [1.165, 1.54) is 12.1 Å². The van der Waals surface area contributed by atoms with Gasteiger partial charge in [0.2, 0.25) is 17.6 Å². The Labute approximate surface area is 184 Å². The van der Waals surface area contributed by atoms with Crippen LogP contribution >= 0.6 is 0 Å². The molecule has 1 fully saturated rings. The van der Waals surface area contributed by atoms with Crippen LogP contribution in [0.5, 0.6) is 0 Å². The lowest BCUT2D eigenvalue weighted by molar-refractivity contribution is -0.127. The number of nitrogens with zero attached hydrogens (tertiary/aromatic N) is 4. The van der Waals surface area contributed by atoms with Gasteiger partial charge in [-0.1, -0.05) is 41.6 Å². The molecule has 0 spiro atoms. The third-order valence-corrected chi connectivity index (χ3v) is 5.62. The number of aromatic nitrogens is 3. The van der Waals surface area contributed by atoms with Gasteiger partial charge in [-0.2, -0.15) is 4.98 Å². The van der Waals surface area contributed by atoms with Crippen molar-refractivity contribution in [2.45, 2.75) is 18.8 Å². The summed E-state index contributed by atoms with van der Waals surface area (Å²) in [6.45, 7) is 1.18. The molecule has 0 saturated carbocycles. The Bertz CT molecular complexity index is 1300. The van der Waals surface area contributed by atoms with Crippen molar-refractivity contribution >= 4 is 22.9 Å². The van der Waals surface area contributed by atoms with E-state index in [9.17, 15) is 9.18 Å².